The van der Waals surface area contributed by atoms with E-state index in [2.05, 4.69) is 0 Å². The molecule has 0 spiro atoms. The molecular formula is C11H8F3NO3S. The van der Waals surface area contributed by atoms with Gasteiger partial charge in [-0.15, -0.1) is 0 Å². The van der Waals surface area contributed by atoms with Crippen molar-refractivity contribution in [1.29, 1.82) is 5.26 Å². The number of carbonyl (C=O) groups is 1. The summed E-state index contributed by atoms with van der Waals surface area (Å²) >= 11 is 0. The maximum atomic E-state index is 12.5. The Hall–Kier alpha value is -1.88. The van der Waals surface area contributed by atoms with E-state index in [-0.39, 0.29) is 11.1 Å². The third kappa shape index (κ3) is 4.06. The largest absolute Gasteiger partial charge is 0.416 e. The van der Waals surface area contributed by atoms with Gasteiger partial charge in [0.2, 0.25) is 0 Å². The van der Waals surface area contributed by atoms with Crippen LogP contribution in [-0.4, -0.2) is 14.2 Å². The van der Waals surface area contributed by atoms with Crippen molar-refractivity contribution in [2.24, 2.45) is 0 Å². The van der Waals surface area contributed by atoms with Gasteiger partial charge >= 0.3 is 6.18 Å². The molecule has 0 saturated carbocycles. The zero-order valence-electron chi connectivity index (χ0n) is 9.40. The third-order valence-electron chi connectivity index (χ3n) is 2.27. The summed E-state index contributed by atoms with van der Waals surface area (Å²) in [6.07, 6.45) is -5.14. The number of carbonyl (C=O) groups excluding carboxylic acids is 1. The van der Waals surface area contributed by atoms with E-state index in [0.717, 1.165) is 6.07 Å². The second kappa shape index (κ2) is 5.84. The molecule has 102 valence electrons. The summed E-state index contributed by atoms with van der Waals surface area (Å²) in [5, 5.41) is 8.38. The normalized spacial score (nSPS) is 11.3. The van der Waals surface area contributed by atoms with Crippen LogP contribution in [0, 0.1) is 11.3 Å². The Balaban J connectivity index is 3.33. The maximum Gasteiger partial charge on any atom is 0.416 e. The number of rotatable bonds is 4. The Morgan fingerprint density at radius 3 is 2.42 bits per heavy atom. The zero-order valence-corrected chi connectivity index (χ0v) is 10.3. The molecule has 0 heterocycles. The molecule has 0 fully saturated rings. The molecule has 0 unspecified atom stereocenters. The lowest BCUT2D eigenvalue weighted by Crippen LogP contribution is -2.10. The van der Waals surface area contributed by atoms with Gasteiger partial charge in [0.1, 0.15) is 10.7 Å². The van der Waals surface area contributed by atoms with Crippen LogP contribution < -0.4 is 0 Å². The first-order valence-corrected chi connectivity index (χ1v) is 6.34. The molecule has 0 radical (unpaired) electrons. The maximum absolute atomic E-state index is 12.5. The number of nitrogens with zero attached hydrogens (tertiary/aromatic N) is 1. The second-order valence-electron chi connectivity index (χ2n) is 3.62. The highest BCUT2D eigenvalue weighted by atomic mass is 32.2. The fourth-order valence-corrected chi connectivity index (χ4v) is 2.02. The molecule has 1 aromatic rings. The molecule has 0 amide bonds. The van der Waals surface area contributed by atoms with E-state index < -0.39 is 40.4 Å². The molecule has 8 heteroatoms. The predicted octanol–water partition coefficient (Wildman–Crippen LogP) is 1.91. The number of hydrogen-bond donors (Lipinski definition) is 1. The zero-order chi connectivity index (χ0) is 14.6. The van der Waals surface area contributed by atoms with Crippen molar-refractivity contribution in [3.63, 3.8) is 0 Å². The van der Waals surface area contributed by atoms with Crippen LogP contribution in [0.15, 0.2) is 18.2 Å². The van der Waals surface area contributed by atoms with E-state index in [4.69, 9.17) is 5.26 Å². The van der Waals surface area contributed by atoms with Crippen molar-refractivity contribution in [1.82, 2.24) is 0 Å². The number of hydrogen-bond acceptors (Lipinski definition) is 4. The van der Waals surface area contributed by atoms with Crippen molar-refractivity contribution in [3.05, 3.63) is 34.9 Å². The average Bonchev–Trinajstić information content (AvgIpc) is 2.27. The second-order valence-corrected chi connectivity index (χ2v) is 4.60. The Labute approximate surface area is 108 Å². The molecule has 1 rings (SSSR count). The molecule has 0 bridgehead atoms. The molecule has 19 heavy (non-hydrogen) atoms. The summed E-state index contributed by atoms with van der Waals surface area (Å²) in [6, 6.07) is 3.78. The molecule has 0 aliphatic rings. The molecule has 0 atom stereocenters. The first-order chi connectivity index (χ1) is 8.75. The first-order valence-electron chi connectivity index (χ1n) is 4.97. The van der Waals surface area contributed by atoms with Crippen molar-refractivity contribution < 1.29 is 26.4 Å². The number of thiol groups is 1. The summed E-state index contributed by atoms with van der Waals surface area (Å²) in [5.41, 5.74) is -1.45. The molecule has 4 nitrogen and oxygen atoms in total. The van der Waals surface area contributed by atoms with Crippen LogP contribution in [0.3, 0.4) is 0 Å². The number of alkyl halides is 3. The summed E-state index contributed by atoms with van der Waals surface area (Å²) in [6.45, 7) is 0. The lowest BCUT2D eigenvalue weighted by Gasteiger charge is -2.10. The van der Waals surface area contributed by atoms with Crippen molar-refractivity contribution in [2.45, 2.75) is 18.3 Å². The topological polar surface area (TPSA) is 75.0 Å². The van der Waals surface area contributed by atoms with Gasteiger partial charge in [0.25, 0.3) is 0 Å². The highest BCUT2D eigenvalue weighted by Crippen LogP contribution is 2.31. The lowest BCUT2D eigenvalue weighted by atomic mass is 10.00. The molecular weight excluding hydrogens is 283 g/mol. The van der Waals surface area contributed by atoms with Gasteiger partial charge in [0, 0.05) is 5.56 Å². The fraction of sp³-hybridized carbons (Fsp3) is 0.273. The number of Topliss-reactive ketones (excluding diaryl/α,β-unsaturated/α-hetero) is 1. The first kappa shape index (κ1) is 15.2. The van der Waals surface area contributed by atoms with Gasteiger partial charge in [-0.05, 0) is 17.7 Å². The van der Waals surface area contributed by atoms with Gasteiger partial charge < -0.3 is 0 Å². The summed E-state index contributed by atoms with van der Waals surface area (Å²) in [4.78, 5) is 11.5. The smallest absolute Gasteiger partial charge is 0.293 e. The predicted molar refractivity (Wildman–Crippen MR) is 60.0 cm³/mol. The van der Waals surface area contributed by atoms with Crippen molar-refractivity contribution in [2.75, 3.05) is 0 Å². The fourth-order valence-electron chi connectivity index (χ4n) is 1.48. The minimum absolute atomic E-state index is 0.172. The van der Waals surface area contributed by atoms with Crippen LogP contribution >= 0.6 is 0 Å². The monoisotopic (exact) mass is 291 g/mol. The van der Waals surface area contributed by atoms with Crippen molar-refractivity contribution in [3.8, 4) is 6.07 Å². The molecule has 1 aromatic carbocycles. The Bertz CT molecular complexity index is 607. The molecule has 0 N–H and O–H groups in total. The SMILES string of the molecule is N#CCC(=O)c1ccc(C(F)(F)F)cc1C[SH](=O)=O. The van der Waals surface area contributed by atoms with Gasteiger partial charge in [-0.1, -0.05) is 6.07 Å². The summed E-state index contributed by atoms with van der Waals surface area (Å²) in [5.74, 6) is -1.38. The van der Waals surface area contributed by atoms with E-state index in [9.17, 15) is 26.4 Å². The van der Waals surface area contributed by atoms with Gasteiger partial charge in [-0.2, -0.15) is 18.4 Å². The van der Waals surface area contributed by atoms with Crippen LogP contribution in [0.25, 0.3) is 0 Å². The molecule has 0 saturated heterocycles. The standard InChI is InChI=1S/C11H8F3NO3S/c12-11(13,14)8-1-2-9(10(16)3-4-15)7(5-8)6-19(17)18/h1-2,5,19H,3,6H2. The lowest BCUT2D eigenvalue weighted by molar-refractivity contribution is -0.137. The van der Waals surface area contributed by atoms with Gasteiger partial charge in [0.15, 0.2) is 5.78 Å². The van der Waals surface area contributed by atoms with E-state index in [1.807, 2.05) is 0 Å². The van der Waals surface area contributed by atoms with Crippen LogP contribution in [0.1, 0.15) is 27.9 Å². The third-order valence-corrected chi connectivity index (χ3v) is 2.87. The van der Waals surface area contributed by atoms with E-state index in [1.54, 1.807) is 6.07 Å². The van der Waals surface area contributed by atoms with E-state index in [1.165, 1.54) is 0 Å². The number of nitriles is 1. The Morgan fingerprint density at radius 2 is 1.95 bits per heavy atom. The Kier molecular flexibility index (Phi) is 4.67. The van der Waals surface area contributed by atoms with Crippen LogP contribution in [-0.2, 0) is 22.6 Å². The average molecular weight is 291 g/mol. The molecule has 0 aliphatic heterocycles. The van der Waals surface area contributed by atoms with Crippen LogP contribution in [0.2, 0.25) is 0 Å². The number of ketones is 1. The minimum Gasteiger partial charge on any atom is -0.293 e. The highest BCUT2D eigenvalue weighted by Gasteiger charge is 2.31. The Morgan fingerprint density at radius 1 is 1.32 bits per heavy atom. The summed E-state index contributed by atoms with van der Waals surface area (Å²) in [7, 11) is -2.98. The summed E-state index contributed by atoms with van der Waals surface area (Å²) < 4.78 is 58.8. The number of benzene rings is 1. The van der Waals surface area contributed by atoms with E-state index >= 15 is 0 Å². The van der Waals surface area contributed by atoms with Crippen LogP contribution in [0.5, 0.6) is 0 Å². The molecule has 0 aromatic heterocycles. The van der Waals surface area contributed by atoms with Crippen LogP contribution in [0.4, 0.5) is 13.2 Å². The van der Waals surface area contributed by atoms with Gasteiger partial charge in [0.05, 0.1) is 23.8 Å². The van der Waals surface area contributed by atoms with Gasteiger partial charge in [-0.3, -0.25) is 4.79 Å². The van der Waals surface area contributed by atoms with Crippen molar-refractivity contribution >= 4 is 16.5 Å². The minimum atomic E-state index is -4.62. The molecule has 0 aliphatic carbocycles. The highest BCUT2D eigenvalue weighted by molar-refractivity contribution is 7.71. The quantitative estimate of drug-likeness (QED) is 0.679. The van der Waals surface area contributed by atoms with Gasteiger partial charge in [-0.25, -0.2) is 8.42 Å². The number of halogens is 3. The van der Waals surface area contributed by atoms with E-state index in [0.29, 0.717) is 12.1 Å².